The molecule has 0 radical (unpaired) electrons. The molecule has 1 saturated heterocycles. The molecule has 3 aromatic heterocycles. The van der Waals surface area contributed by atoms with Crippen LogP contribution in [0.4, 0.5) is 5.82 Å². The number of carbonyl (C=O) groups is 1. The van der Waals surface area contributed by atoms with Crippen LogP contribution in [0.3, 0.4) is 0 Å². The Morgan fingerprint density at radius 3 is 2.52 bits per heavy atom. The molecule has 1 aliphatic heterocycles. The van der Waals surface area contributed by atoms with Crippen LogP contribution in [-0.2, 0) is 13.6 Å². The summed E-state index contributed by atoms with van der Waals surface area (Å²) < 4.78 is 3.58. The summed E-state index contributed by atoms with van der Waals surface area (Å²) in [6.07, 6.45) is 7.24. The van der Waals surface area contributed by atoms with Gasteiger partial charge < -0.3 is 19.7 Å². The number of nitrogens with one attached hydrogen (secondary N) is 1. The van der Waals surface area contributed by atoms with Crippen molar-refractivity contribution in [2.24, 2.45) is 7.05 Å². The maximum Gasteiger partial charge on any atom is 0.256 e. The lowest BCUT2D eigenvalue weighted by molar-refractivity contribution is 0.0951. The highest BCUT2D eigenvalue weighted by molar-refractivity contribution is 5.97. The molecule has 1 N–H and O–H groups in total. The van der Waals surface area contributed by atoms with Gasteiger partial charge in [0.15, 0.2) is 0 Å². The molecule has 0 saturated carbocycles. The van der Waals surface area contributed by atoms with Gasteiger partial charge in [-0.05, 0) is 30.3 Å². The van der Waals surface area contributed by atoms with Crippen LogP contribution < -0.4 is 10.2 Å². The largest absolute Gasteiger partial charge is 0.354 e. The third-order valence-electron chi connectivity index (χ3n) is 5.41. The number of carbonyl (C=O) groups excluding carboxylic acids is 1. The first kappa shape index (κ1) is 19.2. The molecular weight excluding hydrogens is 366 g/mol. The maximum absolute atomic E-state index is 12.7. The van der Waals surface area contributed by atoms with Crippen LogP contribution in [-0.4, -0.2) is 62.9 Å². The van der Waals surface area contributed by atoms with Gasteiger partial charge in [-0.3, -0.25) is 9.48 Å². The molecule has 0 spiro atoms. The quantitative estimate of drug-likeness (QED) is 0.690. The smallest absolute Gasteiger partial charge is 0.256 e. The molecule has 0 aliphatic carbocycles. The van der Waals surface area contributed by atoms with E-state index in [1.54, 1.807) is 10.9 Å². The fourth-order valence-corrected chi connectivity index (χ4v) is 3.65. The second-order valence-electron chi connectivity index (χ2n) is 7.22. The average molecular weight is 393 g/mol. The number of hydrogen-bond donors (Lipinski definition) is 1. The highest BCUT2D eigenvalue weighted by atomic mass is 16.1. The maximum atomic E-state index is 12.7. The second-order valence-corrected chi connectivity index (χ2v) is 7.22. The van der Waals surface area contributed by atoms with Gasteiger partial charge in [0.05, 0.1) is 6.20 Å². The zero-order valence-electron chi connectivity index (χ0n) is 17.0. The molecule has 0 unspecified atom stereocenters. The van der Waals surface area contributed by atoms with Gasteiger partial charge in [-0.25, -0.2) is 4.98 Å². The summed E-state index contributed by atoms with van der Waals surface area (Å²) in [6, 6.07) is 7.91. The molecule has 29 heavy (non-hydrogen) atoms. The van der Waals surface area contributed by atoms with Crippen LogP contribution in [0, 0.1) is 0 Å². The number of amides is 1. The molecule has 4 heterocycles. The molecule has 3 aromatic rings. The lowest BCUT2D eigenvalue weighted by Crippen LogP contribution is -2.46. The number of anilines is 1. The molecule has 152 valence electrons. The van der Waals surface area contributed by atoms with Gasteiger partial charge in [0.2, 0.25) is 0 Å². The Labute approximate surface area is 170 Å². The van der Waals surface area contributed by atoms with E-state index in [4.69, 9.17) is 0 Å². The molecule has 4 rings (SSSR count). The van der Waals surface area contributed by atoms with Crippen LogP contribution in [0.1, 0.15) is 22.8 Å². The summed E-state index contributed by atoms with van der Waals surface area (Å²) >= 11 is 0. The zero-order chi connectivity index (χ0) is 20.2. The van der Waals surface area contributed by atoms with Crippen molar-refractivity contribution in [3.63, 3.8) is 0 Å². The topological polar surface area (TPSA) is 71.2 Å². The average Bonchev–Trinajstić information content (AvgIpc) is 3.42. The van der Waals surface area contributed by atoms with Crippen molar-refractivity contribution < 1.29 is 4.79 Å². The number of nitrogens with zero attached hydrogens (tertiary/aromatic N) is 6. The predicted octanol–water partition coefficient (Wildman–Crippen LogP) is 1.68. The monoisotopic (exact) mass is 393 g/mol. The minimum Gasteiger partial charge on any atom is -0.354 e. The SMILES string of the molecule is CCN1CCN(c2ccc(CNC(=O)c3cnn(C)c3-n3cccc3)cn2)CC1. The van der Waals surface area contributed by atoms with Gasteiger partial charge in [-0.1, -0.05) is 13.0 Å². The second kappa shape index (κ2) is 8.48. The first-order valence-corrected chi connectivity index (χ1v) is 10.0. The number of rotatable bonds is 6. The summed E-state index contributed by atoms with van der Waals surface area (Å²) in [7, 11) is 1.83. The standard InChI is InChI=1S/C21H27N7O/c1-3-26-10-12-27(13-11-26)19-7-6-17(14-22-19)15-23-20(29)18-16-24-25(2)21(18)28-8-4-5-9-28/h4-9,14,16H,3,10-13,15H2,1-2H3,(H,23,29). The molecule has 0 bridgehead atoms. The van der Waals surface area contributed by atoms with Crippen molar-refractivity contribution in [2.75, 3.05) is 37.6 Å². The minimum absolute atomic E-state index is 0.151. The fourth-order valence-electron chi connectivity index (χ4n) is 3.65. The normalized spacial score (nSPS) is 14.9. The molecule has 1 fully saturated rings. The van der Waals surface area contributed by atoms with Gasteiger partial charge in [0.1, 0.15) is 17.2 Å². The molecule has 1 amide bonds. The van der Waals surface area contributed by atoms with Gasteiger partial charge in [-0.2, -0.15) is 5.10 Å². The summed E-state index contributed by atoms with van der Waals surface area (Å²) in [6.45, 7) is 7.87. The van der Waals surface area contributed by atoms with Crippen molar-refractivity contribution in [1.82, 2.24) is 29.5 Å². The highest BCUT2D eigenvalue weighted by Crippen LogP contribution is 2.16. The van der Waals surface area contributed by atoms with Crippen molar-refractivity contribution >= 4 is 11.7 Å². The van der Waals surface area contributed by atoms with E-state index in [9.17, 15) is 4.79 Å². The molecule has 0 atom stereocenters. The molecular formula is C21H27N7O. The third-order valence-corrected chi connectivity index (χ3v) is 5.41. The van der Waals surface area contributed by atoms with E-state index >= 15 is 0 Å². The van der Waals surface area contributed by atoms with E-state index in [1.165, 1.54) is 0 Å². The van der Waals surface area contributed by atoms with Crippen LogP contribution in [0.25, 0.3) is 5.82 Å². The van der Waals surface area contributed by atoms with Gasteiger partial charge in [0.25, 0.3) is 5.91 Å². The number of hydrogen-bond acceptors (Lipinski definition) is 5. The lowest BCUT2D eigenvalue weighted by atomic mass is 10.2. The number of piperazine rings is 1. The van der Waals surface area contributed by atoms with Gasteiger partial charge in [0, 0.05) is 58.4 Å². The first-order chi connectivity index (χ1) is 14.2. The van der Waals surface area contributed by atoms with Crippen LogP contribution in [0.2, 0.25) is 0 Å². The van der Waals surface area contributed by atoms with Crippen LogP contribution in [0.15, 0.2) is 49.1 Å². The Kier molecular flexibility index (Phi) is 5.62. The summed E-state index contributed by atoms with van der Waals surface area (Å²) in [5.41, 5.74) is 1.52. The Bertz CT molecular complexity index is 938. The van der Waals surface area contributed by atoms with E-state index in [0.29, 0.717) is 12.1 Å². The van der Waals surface area contributed by atoms with Crippen molar-refractivity contribution in [3.05, 3.63) is 60.2 Å². The van der Waals surface area contributed by atoms with E-state index in [0.717, 1.165) is 49.9 Å². The third kappa shape index (κ3) is 4.17. The molecule has 1 aliphatic rings. The molecule has 8 nitrogen and oxygen atoms in total. The van der Waals surface area contributed by atoms with E-state index in [1.807, 2.05) is 54.5 Å². The lowest BCUT2D eigenvalue weighted by Gasteiger charge is -2.34. The Hall–Kier alpha value is -3.13. The Morgan fingerprint density at radius 1 is 1.10 bits per heavy atom. The fraction of sp³-hybridized carbons (Fsp3) is 0.381. The van der Waals surface area contributed by atoms with Gasteiger partial charge in [-0.15, -0.1) is 0 Å². The Morgan fingerprint density at radius 2 is 1.86 bits per heavy atom. The van der Waals surface area contributed by atoms with E-state index < -0.39 is 0 Å². The number of pyridine rings is 1. The van der Waals surface area contributed by atoms with Gasteiger partial charge >= 0.3 is 0 Å². The number of likely N-dealkylation sites (N-methyl/N-ethyl adjacent to an activating group) is 1. The number of aromatic nitrogens is 4. The number of aryl methyl sites for hydroxylation is 1. The summed E-state index contributed by atoms with van der Waals surface area (Å²) in [5, 5.41) is 7.21. The predicted molar refractivity (Wildman–Crippen MR) is 112 cm³/mol. The van der Waals surface area contributed by atoms with Crippen LogP contribution >= 0.6 is 0 Å². The van der Waals surface area contributed by atoms with E-state index in [2.05, 4.69) is 32.1 Å². The highest BCUT2D eigenvalue weighted by Gasteiger charge is 2.18. The first-order valence-electron chi connectivity index (χ1n) is 10.0. The zero-order valence-corrected chi connectivity index (χ0v) is 17.0. The summed E-state index contributed by atoms with van der Waals surface area (Å²) in [5.74, 6) is 1.59. The summed E-state index contributed by atoms with van der Waals surface area (Å²) in [4.78, 5) is 22.1. The minimum atomic E-state index is -0.151. The molecule has 0 aromatic carbocycles. The molecule has 8 heteroatoms. The van der Waals surface area contributed by atoms with Crippen LogP contribution in [0.5, 0.6) is 0 Å². The van der Waals surface area contributed by atoms with Crippen molar-refractivity contribution in [3.8, 4) is 5.82 Å². The van der Waals surface area contributed by atoms with Crippen molar-refractivity contribution in [1.29, 1.82) is 0 Å². The Balaban J connectivity index is 1.37. The van der Waals surface area contributed by atoms with E-state index in [-0.39, 0.29) is 5.91 Å². The van der Waals surface area contributed by atoms with Crippen molar-refractivity contribution in [2.45, 2.75) is 13.5 Å².